The van der Waals surface area contributed by atoms with Crippen LogP contribution in [-0.2, 0) is 16.0 Å². The topological polar surface area (TPSA) is 39.2 Å². The maximum Gasteiger partial charge on any atom is 0.135 e. The first kappa shape index (κ1) is 11.3. The Morgan fingerprint density at radius 1 is 1.44 bits per heavy atom. The van der Waals surface area contributed by atoms with Crippen LogP contribution in [0, 0.1) is 0 Å². The average molecular weight is 219 g/mol. The summed E-state index contributed by atoms with van der Waals surface area (Å²) in [6, 6.07) is 5.88. The molecule has 1 saturated carbocycles. The fraction of sp³-hybridized carbons (Fsp3) is 0.538. The molecular weight excluding hydrogens is 202 g/mol. The van der Waals surface area contributed by atoms with Crippen molar-refractivity contribution in [1.82, 2.24) is 4.98 Å². The van der Waals surface area contributed by atoms with Crippen molar-refractivity contribution in [2.24, 2.45) is 0 Å². The van der Waals surface area contributed by atoms with Gasteiger partial charge in [-0.2, -0.15) is 0 Å². The van der Waals surface area contributed by atoms with Crippen molar-refractivity contribution in [3.05, 3.63) is 30.1 Å². The standard InChI is InChI=1S/C13H17NO2/c15-12-5-3-6-13(10-12)16-9-7-11-4-1-2-8-14-11/h1-2,4,8,13H,3,5-7,9-10H2. The van der Waals surface area contributed by atoms with E-state index in [-0.39, 0.29) is 6.10 Å². The summed E-state index contributed by atoms with van der Waals surface area (Å²) in [5.74, 6) is 0.342. The first-order valence-corrected chi connectivity index (χ1v) is 5.88. The van der Waals surface area contributed by atoms with E-state index in [1.54, 1.807) is 6.20 Å². The van der Waals surface area contributed by atoms with Crippen LogP contribution in [0.1, 0.15) is 31.4 Å². The third kappa shape index (κ3) is 3.42. The number of Topliss-reactive ketones (excluding diaryl/α,β-unsaturated/α-hetero) is 1. The van der Waals surface area contributed by atoms with Gasteiger partial charge in [0.15, 0.2) is 0 Å². The number of carbonyl (C=O) groups excluding carboxylic acids is 1. The number of rotatable bonds is 4. The summed E-state index contributed by atoms with van der Waals surface area (Å²) in [4.78, 5) is 15.4. The molecule has 1 heterocycles. The average Bonchev–Trinajstić information content (AvgIpc) is 2.30. The number of ether oxygens (including phenoxy) is 1. The maximum atomic E-state index is 11.2. The summed E-state index contributed by atoms with van der Waals surface area (Å²) in [7, 11) is 0. The lowest BCUT2D eigenvalue weighted by Gasteiger charge is -2.21. The first-order valence-electron chi connectivity index (χ1n) is 5.88. The van der Waals surface area contributed by atoms with E-state index >= 15 is 0 Å². The van der Waals surface area contributed by atoms with Gasteiger partial charge in [-0.3, -0.25) is 9.78 Å². The predicted octanol–water partition coefficient (Wildman–Crippen LogP) is 2.15. The SMILES string of the molecule is O=C1CCCC(OCCc2ccccn2)C1. The molecule has 0 bridgehead atoms. The third-order valence-electron chi connectivity index (χ3n) is 2.87. The van der Waals surface area contributed by atoms with Crippen LogP contribution in [0.4, 0.5) is 0 Å². The van der Waals surface area contributed by atoms with E-state index in [9.17, 15) is 4.79 Å². The molecule has 0 amide bonds. The molecule has 1 aliphatic rings. The number of nitrogens with zero attached hydrogens (tertiary/aromatic N) is 1. The maximum absolute atomic E-state index is 11.2. The summed E-state index contributed by atoms with van der Waals surface area (Å²) in [5, 5.41) is 0. The molecule has 2 rings (SSSR count). The number of hydrogen-bond acceptors (Lipinski definition) is 3. The summed E-state index contributed by atoms with van der Waals surface area (Å²) in [5.41, 5.74) is 1.05. The quantitative estimate of drug-likeness (QED) is 0.779. The number of ketones is 1. The zero-order valence-corrected chi connectivity index (χ0v) is 9.39. The summed E-state index contributed by atoms with van der Waals surface area (Å²) in [6.07, 6.45) is 6.10. The molecule has 0 radical (unpaired) electrons. The van der Waals surface area contributed by atoms with Crippen LogP contribution in [0.5, 0.6) is 0 Å². The van der Waals surface area contributed by atoms with E-state index in [1.807, 2.05) is 18.2 Å². The molecule has 0 saturated heterocycles. The lowest BCUT2D eigenvalue weighted by Crippen LogP contribution is -2.23. The van der Waals surface area contributed by atoms with Gasteiger partial charge < -0.3 is 4.74 Å². The minimum atomic E-state index is 0.143. The minimum absolute atomic E-state index is 0.143. The monoisotopic (exact) mass is 219 g/mol. The van der Waals surface area contributed by atoms with Crippen LogP contribution in [-0.4, -0.2) is 23.5 Å². The van der Waals surface area contributed by atoms with Crippen LogP contribution >= 0.6 is 0 Å². The van der Waals surface area contributed by atoms with Gasteiger partial charge in [0.25, 0.3) is 0 Å². The Bertz CT molecular complexity index is 337. The van der Waals surface area contributed by atoms with Gasteiger partial charge in [0.05, 0.1) is 12.7 Å². The molecule has 16 heavy (non-hydrogen) atoms. The van der Waals surface area contributed by atoms with Crippen LogP contribution in [0.15, 0.2) is 24.4 Å². The fourth-order valence-corrected chi connectivity index (χ4v) is 2.00. The molecule has 3 heteroatoms. The highest BCUT2D eigenvalue weighted by atomic mass is 16.5. The molecular formula is C13H17NO2. The van der Waals surface area contributed by atoms with E-state index in [0.717, 1.165) is 31.4 Å². The van der Waals surface area contributed by atoms with Crippen LogP contribution in [0.2, 0.25) is 0 Å². The Kier molecular flexibility index (Phi) is 4.05. The fourth-order valence-electron chi connectivity index (χ4n) is 2.00. The number of hydrogen-bond donors (Lipinski definition) is 0. The van der Waals surface area contributed by atoms with Crippen molar-refractivity contribution < 1.29 is 9.53 Å². The molecule has 1 fully saturated rings. The normalized spacial score (nSPS) is 21.0. The predicted molar refractivity (Wildman–Crippen MR) is 61.2 cm³/mol. The zero-order chi connectivity index (χ0) is 11.2. The Morgan fingerprint density at radius 3 is 3.12 bits per heavy atom. The second-order valence-electron chi connectivity index (χ2n) is 4.20. The van der Waals surface area contributed by atoms with Gasteiger partial charge >= 0.3 is 0 Å². The van der Waals surface area contributed by atoms with Gasteiger partial charge in [-0.1, -0.05) is 6.07 Å². The summed E-state index contributed by atoms with van der Waals surface area (Å²) < 4.78 is 5.70. The molecule has 1 atom stereocenters. The number of pyridine rings is 1. The second kappa shape index (κ2) is 5.75. The van der Waals surface area contributed by atoms with Crippen molar-refractivity contribution in [2.45, 2.75) is 38.2 Å². The second-order valence-corrected chi connectivity index (χ2v) is 4.20. The number of aromatic nitrogens is 1. The van der Waals surface area contributed by atoms with E-state index in [4.69, 9.17) is 4.74 Å². The minimum Gasteiger partial charge on any atom is -0.377 e. The molecule has 1 aromatic rings. The lowest BCUT2D eigenvalue weighted by molar-refractivity contribution is -0.124. The molecule has 0 N–H and O–H groups in total. The molecule has 1 unspecified atom stereocenters. The highest BCUT2D eigenvalue weighted by molar-refractivity contribution is 5.79. The Morgan fingerprint density at radius 2 is 2.38 bits per heavy atom. The summed E-state index contributed by atoms with van der Waals surface area (Å²) >= 11 is 0. The highest BCUT2D eigenvalue weighted by Crippen LogP contribution is 2.17. The lowest BCUT2D eigenvalue weighted by atomic mass is 9.96. The highest BCUT2D eigenvalue weighted by Gasteiger charge is 2.19. The van der Waals surface area contributed by atoms with Crippen molar-refractivity contribution in [2.75, 3.05) is 6.61 Å². The summed E-state index contributed by atoms with van der Waals surface area (Å²) in [6.45, 7) is 0.662. The largest absolute Gasteiger partial charge is 0.377 e. The van der Waals surface area contributed by atoms with E-state index < -0.39 is 0 Å². The van der Waals surface area contributed by atoms with Gasteiger partial charge in [0.2, 0.25) is 0 Å². The zero-order valence-electron chi connectivity index (χ0n) is 9.39. The van der Waals surface area contributed by atoms with Crippen molar-refractivity contribution in [1.29, 1.82) is 0 Å². The molecule has 3 nitrogen and oxygen atoms in total. The molecule has 1 aromatic heterocycles. The Hall–Kier alpha value is -1.22. The smallest absolute Gasteiger partial charge is 0.135 e. The van der Waals surface area contributed by atoms with Crippen molar-refractivity contribution in [3.8, 4) is 0 Å². The molecule has 0 aromatic carbocycles. The van der Waals surface area contributed by atoms with E-state index in [2.05, 4.69) is 4.98 Å². The van der Waals surface area contributed by atoms with E-state index in [0.29, 0.717) is 18.8 Å². The third-order valence-corrected chi connectivity index (χ3v) is 2.87. The van der Waals surface area contributed by atoms with Crippen LogP contribution in [0.25, 0.3) is 0 Å². The van der Waals surface area contributed by atoms with E-state index in [1.165, 1.54) is 0 Å². The van der Waals surface area contributed by atoms with Gasteiger partial charge in [-0.25, -0.2) is 0 Å². The van der Waals surface area contributed by atoms with Crippen LogP contribution in [0.3, 0.4) is 0 Å². The molecule has 0 aliphatic heterocycles. The van der Waals surface area contributed by atoms with Crippen LogP contribution < -0.4 is 0 Å². The Balaban J connectivity index is 1.70. The molecule has 0 spiro atoms. The number of carbonyl (C=O) groups is 1. The molecule has 86 valence electrons. The van der Waals surface area contributed by atoms with Gasteiger partial charge in [0.1, 0.15) is 5.78 Å². The molecule has 1 aliphatic carbocycles. The van der Waals surface area contributed by atoms with Crippen molar-refractivity contribution >= 4 is 5.78 Å². The van der Waals surface area contributed by atoms with Crippen molar-refractivity contribution in [3.63, 3.8) is 0 Å². The Labute approximate surface area is 95.8 Å². The van der Waals surface area contributed by atoms with Gasteiger partial charge in [-0.05, 0) is 25.0 Å². The van der Waals surface area contributed by atoms with Gasteiger partial charge in [-0.15, -0.1) is 0 Å². The van der Waals surface area contributed by atoms with Gasteiger partial charge in [0, 0.05) is 31.2 Å². The first-order chi connectivity index (χ1) is 7.84.